The molecule has 1 N–H and O–H groups in total. The van der Waals surface area contributed by atoms with Crippen molar-refractivity contribution < 1.29 is 37.1 Å². The summed E-state index contributed by atoms with van der Waals surface area (Å²) in [7, 11) is 0. The predicted octanol–water partition coefficient (Wildman–Crippen LogP) is 3.25. The molecule has 39 heavy (non-hydrogen) atoms. The van der Waals surface area contributed by atoms with Crippen LogP contribution in [0.3, 0.4) is 0 Å². The molecule has 1 fully saturated rings. The molecule has 1 saturated heterocycles. The Labute approximate surface area is 224 Å². The lowest BCUT2D eigenvalue weighted by Crippen LogP contribution is -2.47. The zero-order valence-corrected chi connectivity index (χ0v) is 21.6. The number of likely N-dealkylation sites (tertiary alicyclic amines) is 1. The first kappa shape index (κ1) is 28.2. The van der Waals surface area contributed by atoms with Gasteiger partial charge >= 0.3 is 18.2 Å². The van der Waals surface area contributed by atoms with Gasteiger partial charge in [-0.15, -0.1) is 6.58 Å². The SMILES string of the molecule is C=CCN1C(=O)NC(c2ccc(C(F)(F)F)cc2)C2=C1CN(CCC(=O)N1CCC(C(=O)OCC)CC1)C2=O. The van der Waals surface area contributed by atoms with Crippen molar-refractivity contribution in [2.75, 3.05) is 39.3 Å². The molecule has 1 unspecified atom stereocenters. The van der Waals surface area contributed by atoms with E-state index in [0.717, 1.165) is 12.1 Å². The molecule has 0 saturated carbocycles. The molecule has 3 aliphatic rings. The average molecular weight is 549 g/mol. The summed E-state index contributed by atoms with van der Waals surface area (Å²) in [6.07, 6.45) is -1.91. The van der Waals surface area contributed by atoms with Gasteiger partial charge in [-0.2, -0.15) is 13.2 Å². The highest BCUT2D eigenvalue weighted by molar-refractivity contribution is 6.01. The number of esters is 1. The van der Waals surface area contributed by atoms with E-state index in [1.807, 2.05) is 0 Å². The van der Waals surface area contributed by atoms with E-state index >= 15 is 0 Å². The number of carbonyl (C=O) groups is 4. The standard InChI is InChI=1S/C27H31F3N4O5/c1-3-12-34-20-16-33(15-11-21(35)32-13-9-18(10-14-32)25(37)39-4-2)24(36)22(20)23(31-26(34)38)17-5-7-19(8-6-17)27(28,29)30/h3,5-8,18,23H,1,4,9-16H2,2H3,(H,31,38). The Hall–Kier alpha value is -3.83. The summed E-state index contributed by atoms with van der Waals surface area (Å²) in [6, 6.07) is 2.92. The molecular formula is C27H31F3N4O5. The summed E-state index contributed by atoms with van der Waals surface area (Å²) in [4.78, 5) is 55.7. The maximum Gasteiger partial charge on any atom is 0.416 e. The van der Waals surface area contributed by atoms with Crippen LogP contribution < -0.4 is 5.32 Å². The Morgan fingerprint density at radius 1 is 1.15 bits per heavy atom. The number of nitrogens with zero attached hydrogens (tertiary/aromatic N) is 3. The van der Waals surface area contributed by atoms with Gasteiger partial charge in [-0.3, -0.25) is 19.3 Å². The highest BCUT2D eigenvalue weighted by Crippen LogP contribution is 2.37. The van der Waals surface area contributed by atoms with E-state index in [1.54, 1.807) is 11.8 Å². The Balaban J connectivity index is 1.45. The number of benzene rings is 1. The number of urea groups is 1. The number of alkyl halides is 3. The highest BCUT2D eigenvalue weighted by atomic mass is 19.4. The van der Waals surface area contributed by atoms with Crippen LogP contribution in [-0.2, 0) is 25.3 Å². The van der Waals surface area contributed by atoms with Crippen LogP contribution >= 0.6 is 0 Å². The van der Waals surface area contributed by atoms with Crippen molar-refractivity contribution in [3.05, 3.63) is 59.3 Å². The second-order valence-electron chi connectivity index (χ2n) is 9.65. The van der Waals surface area contributed by atoms with Crippen molar-refractivity contribution in [2.45, 2.75) is 38.4 Å². The Morgan fingerprint density at radius 2 is 1.82 bits per heavy atom. The maximum atomic E-state index is 13.5. The molecule has 1 aromatic carbocycles. The lowest BCUT2D eigenvalue weighted by atomic mass is 9.94. The number of piperidine rings is 1. The van der Waals surface area contributed by atoms with Crippen LogP contribution in [0, 0.1) is 5.92 Å². The molecule has 0 aromatic heterocycles. The van der Waals surface area contributed by atoms with Gasteiger partial charge in [0.1, 0.15) is 0 Å². The lowest BCUT2D eigenvalue weighted by molar-refractivity contribution is -0.151. The van der Waals surface area contributed by atoms with Gasteiger partial charge in [0.2, 0.25) is 5.91 Å². The fourth-order valence-corrected chi connectivity index (χ4v) is 5.18. The maximum absolute atomic E-state index is 13.5. The number of hydrogen-bond donors (Lipinski definition) is 1. The molecule has 0 bridgehead atoms. The smallest absolute Gasteiger partial charge is 0.416 e. The topological polar surface area (TPSA) is 99.3 Å². The number of carbonyl (C=O) groups excluding carboxylic acids is 4. The first-order chi connectivity index (χ1) is 18.5. The highest BCUT2D eigenvalue weighted by Gasteiger charge is 2.44. The minimum atomic E-state index is -4.51. The van der Waals surface area contributed by atoms with Crippen LogP contribution in [0.2, 0.25) is 0 Å². The molecule has 3 heterocycles. The molecule has 4 amide bonds. The molecule has 4 rings (SSSR count). The molecule has 1 atom stereocenters. The second-order valence-corrected chi connectivity index (χ2v) is 9.65. The van der Waals surface area contributed by atoms with Crippen molar-refractivity contribution in [2.24, 2.45) is 5.92 Å². The molecule has 0 aliphatic carbocycles. The first-order valence-corrected chi connectivity index (χ1v) is 12.9. The van der Waals surface area contributed by atoms with Gasteiger partial charge in [0.25, 0.3) is 5.91 Å². The third-order valence-corrected chi connectivity index (χ3v) is 7.24. The summed E-state index contributed by atoms with van der Waals surface area (Å²) in [5, 5.41) is 2.73. The molecule has 3 aliphatic heterocycles. The van der Waals surface area contributed by atoms with Crippen LogP contribution in [0.5, 0.6) is 0 Å². The van der Waals surface area contributed by atoms with Crippen LogP contribution in [0.15, 0.2) is 48.2 Å². The number of ether oxygens (including phenoxy) is 1. The normalized spacial score (nSPS) is 20.2. The van der Waals surface area contributed by atoms with Crippen LogP contribution in [0.1, 0.15) is 43.4 Å². The summed E-state index contributed by atoms with van der Waals surface area (Å²) < 4.78 is 44.2. The summed E-state index contributed by atoms with van der Waals surface area (Å²) in [5.74, 6) is -1.02. The fraction of sp³-hybridized carbons (Fsp3) is 0.481. The molecule has 9 nitrogen and oxygen atoms in total. The van der Waals surface area contributed by atoms with E-state index in [0.29, 0.717) is 43.8 Å². The van der Waals surface area contributed by atoms with Gasteiger partial charge in [-0.1, -0.05) is 18.2 Å². The number of nitrogens with one attached hydrogen (secondary N) is 1. The predicted molar refractivity (Wildman–Crippen MR) is 134 cm³/mol. The van der Waals surface area contributed by atoms with Crippen molar-refractivity contribution in [3.63, 3.8) is 0 Å². The molecule has 1 aromatic rings. The first-order valence-electron chi connectivity index (χ1n) is 12.9. The summed E-state index contributed by atoms with van der Waals surface area (Å²) in [5.41, 5.74) is 0.216. The van der Waals surface area contributed by atoms with E-state index in [9.17, 15) is 32.3 Å². The number of rotatable bonds is 8. The van der Waals surface area contributed by atoms with Crippen LogP contribution in [0.4, 0.5) is 18.0 Å². The van der Waals surface area contributed by atoms with Crippen molar-refractivity contribution in [1.82, 2.24) is 20.0 Å². The average Bonchev–Trinajstić information content (AvgIpc) is 3.24. The van der Waals surface area contributed by atoms with E-state index < -0.39 is 29.7 Å². The zero-order valence-electron chi connectivity index (χ0n) is 21.6. The van der Waals surface area contributed by atoms with Crippen molar-refractivity contribution >= 4 is 23.8 Å². The molecule has 210 valence electrons. The van der Waals surface area contributed by atoms with E-state index in [4.69, 9.17) is 4.74 Å². The molecule has 0 radical (unpaired) electrons. The zero-order chi connectivity index (χ0) is 28.3. The van der Waals surface area contributed by atoms with Crippen molar-refractivity contribution in [1.29, 1.82) is 0 Å². The lowest BCUT2D eigenvalue weighted by Gasteiger charge is -2.33. The van der Waals surface area contributed by atoms with Gasteiger partial charge in [-0.25, -0.2) is 4.79 Å². The van der Waals surface area contributed by atoms with Gasteiger partial charge < -0.3 is 19.9 Å². The minimum absolute atomic E-state index is 0.0597. The number of hydrogen-bond acceptors (Lipinski definition) is 5. The third kappa shape index (κ3) is 5.94. The Kier molecular flexibility index (Phi) is 8.31. The third-order valence-electron chi connectivity index (χ3n) is 7.24. The second kappa shape index (κ2) is 11.5. The number of amides is 4. The van der Waals surface area contributed by atoms with Gasteiger partial charge in [0.05, 0.1) is 41.9 Å². The molecule has 0 spiro atoms. The van der Waals surface area contributed by atoms with E-state index in [2.05, 4.69) is 11.9 Å². The summed E-state index contributed by atoms with van der Waals surface area (Å²) >= 11 is 0. The quantitative estimate of drug-likeness (QED) is 0.397. The van der Waals surface area contributed by atoms with Crippen LogP contribution in [0.25, 0.3) is 0 Å². The van der Waals surface area contributed by atoms with Gasteiger partial charge in [0.15, 0.2) is 0 Å². The Bertz CT molecular complexity index is 1170. The minimum Gasteiger partial charge on any atom is -0.466 e. The fourth-order valence-electron chi connectivity index (χ4n) is 5.18. The Morgan fingerprint density at radius 3 is 2.41 bits per heavy atom. The van der Waals surface area contributed by atoms with E-state index in [1.165, 1.54) is 28.0 Å². The number of halogens is 3. The van der Waals surface area contributed by atoms with Gasteiger partial charge in [-0.05, 0) is 37.5 Å². The summed E-state index contributed by atoms with van der Waals surface area (Å²) in [6.45, 7) is 6.90. The van der Waals surface area contributed by atoms with Crippen LogP contribution in [-0.4, -0.2) is 77.8 Å². The van der Waals surface area contributed by atoms with E-state index in [-0.39, 0.29) is 49.4 Å². The van der Waals surface area contributed by atoms with Gasteiger partial charge in [0, 0.05) is 32.6 Å². The largest absolute Gasteiger partial charge is 0.466 e. The molecular weight excluding hydrogens is 517 g/mol. The monoisotopic (exact) mass is 548 g/mol. The van der Waals surface area contributed by atoms with Crippen molar-refractivity contribution in [3.8, 4) is 0 Å². The molecule has 12 heteroatoms.